The molecule has 1 aliphatic carbocycles. The summed E-state index contributed by atoms with van der Waals surface area (Å²) in [5.74, 6) is -0.701. The van der Waals surface area contributed by atoms with Crippen LogP contribution in [0.25, 0.3) is 0 Å². The molecular weight excluding hydrogens is 156 g/mol. The van der Waals surface area contributed by atoms with Gasteiger partial charge in [-0.3, -0.25) is 4.79 Å². The first-order valence-corrected chi connectivity index (χ1v) is 4.48. The molecule has 1 heterocycles. The fourth-order valence-corrected chi connectivity index (χ4v) is 2.40. The van der Waals surface area contributed by atoms with Crippen molar-refractivity contribution in [1.29, 1.82) is 0 Å². The highest BCUT2D eigenvalue weighted by Crippen LogP contribution is 2.60. The third kappa shape index (κ3) is 1.12. The highest BCUT2D eigenvalue weighted by molar-refractivity contribution is 5.74. The molecule has 68 valence electrons. The molecular formula is C9H14O3. The third-order valence-electron chi connectivity index (χ3n) is 3.18. The highest BCUT2D eigenvalue weighted by Gasteiger charge is 2.59. The Morgan fingerprint density at radius 1 is 1.58 bits per heavy atom. The van der Waals surface area contributed by atoms with Crippen LogP contribution in [0.5, 0.6) is 0 Å². The van der Waals surface area contributed by atoms with Gasteiger partial charge in [0, 0.05) is 6.61 Å². The number of aliphatic carboxylic acids is 1. The molecule has 1 aliphatic heterocycles. The van der Waals surface area contributed by atoms with Crippen LogP contribution >= 0.6 is 0 Å². The first-order valence-electron chi connectivity index (χ1n) is 4.48. The van der Waals surface area contributed by atoms with Crippen LogP contribution in [0.3, 0.4) is 0 Å². The van der Waals surface area contributed by atoms with Gasteiger partial charge in [-0.2, -0.15) is 0 Å². The maximum atomic E-state index is 10.7. The summed E-state index contributed by atoms with van der Waals surface area (Å²) in [5.41, 5.74) is 0.115. The van der Waals surface area contributed by atoms with E-state index in [2.05, 4.69) is 0 Å². The zero-order valence-electron chi connectivity index (χ0n) is 7.25. The number of ether oxygens (including phenoxy) is 1. The largest absolute Gasteiger partial charge is 0.481 e. The Morgan fingerprint density at radius 3 is 2.83 bits per heavy atom. The summed E-state index contributed by atoms with van der Waals surface area (Å²) < 4.78 is 5.39. The summed E-state index contributed by atoms with van der Waals surface area (Å²) >= 11 is 0. The molecule has 1 saturated carbocycles. The number of carbonyl (C=O) groups is 1. The molecule has 0 aromatic heterocycles. The molecule has 1 N–H and O–H groups in total. The quantitative estimate of drug-likeness (QED) is 0.644. The van der Waals surface area contributed by atoms with Gasteiger partial charge >= 0.3 is 5.97 Å². The molecule has 0 aromatic rings. The van der Waals surface area contributed by atoms with Crippen molar-refractivity contribution < 1.29 is 14.6 Å². The van der Waals surface area contributed by atoms with Crippen LogP contribution in [-0.2, 0) is 9.53 Å². The predicted octanol–water partition coefficient (Wildman–Crippen LogP) is 1.28. The molecule has 3 atom stereocenters. The third-order valence-corrected chi connectivity index (χ3v) is 3.18. The fraction of sp³-hybridized carbons (Fsp3) is 0.889. The zero-order valence-corrected chi connectivity index (χ0v) is 7.25. The minimum Gasteiger partial charge on any atom is -0.481 e. The Morgan fingerprint density at radius 2 is 2.33 bits per heavy atom. The van der Waals surface area contributed by atoms with Crippen LogP contribution in [0.15, 0.2) is 0 Å². The molecule has 12 heavy (non-hydrogen) atoms. The average Bonchev–Trinajstić information content (AvgIpc) is 2.63. The summed E-state index contributed by atoms with van der Waals surface area (Å²) in [7, 11) is 0. The Labute approximate surface area is 71.7 Å². The van der Waals surface area contributed by atoms with Crippen LogP contribution in [0.1, 0.15) is 26.2 Å². The Kier molecular flexibility index (Phi) is 1.65. The summed E-state index contributed by atoms with van der Waals surface area (Å²) in [6.45, 7) is 2.77. The van der Waals surface area contributed by atoms with Gasteiger partial charge < -0.3 is 9.84 Å². The van der Waals surface area contributed by atoms with E-state index in [9.17, 15) is 4.79 Å². The molecule has 3 nitrogen and oxygen atoms in total. The van der Waals surface area contributed by atoms with Crippen LogP contribution in [0.2, 0.25) is 0 Å². The molecule has 0 unspecified atom stereocenters. The second kappa shape index (κ2) is 2.46. The van der Waals surface area contributed by atoms with E-state index < -0.39 is 5.97 Å². The van der Waals surface area contributed by atoms with E-state index in [0.29, 0.717) is 0 Å². The van der Waals surface area contributed by atoms with Gasteiger partial charge in [-0.05, 0) is 31.6 Å². The molecule has 0 bridgehead atoms. The van der Waals surface area contributed by atoms with Crippen molar-refractivity contribution in [2.45, 2.75) is 32.3 Å². The van der Waals surface area contributed by atoms with Gasteiger partial charge in [-0.1, -0.05) is 0 Å². The number of rotatable bonds is 1. The average molecular weight is 170 g/mol. The second-order valence-corrected chi connectivity index (χ2v) is 4.09. The Hall–Kier alpha value is -0.570. The van der Waals surface area contributed by atoms with E-state index in [1.165, 1.54) is 0 Å². The molecule has 2 aliphatic rings. The molecule has 0 amide bonds. The maximum Gasteiger partial charge on any atom is 0.307 e. The van der Waals surface area contributed by atoms with Gasteiger partial charge in [-0.25, -0.2) is 0 Å². The van der Waals surface area contributed by atoms with E-state index in [4.69, 9.17) is 9.84 Å². The summed E-state index contributed by atoms with van der Waals surface area (Å²) in [6.07, 6.45) is 3.00. The van der Waals surface area contributed by atoms with Crippen molar-refractivity contribution in [2.75, 3.05) is 6.61 Å². The van der Waals surface area contributed by atoms with Gasteiger partial charge in [0.25, 0.3) is 0 Å². The molecule has 0 aromatic carbocycles. The minimum atomic E-state index is -0.621. The van der Waals surface area contributed by atoms with Crippen molar-refractivity contribution in [1.82, 2.24) is 0 Å². The smallest absolute Gasteiger partial charge is 0.307 e. The first kappa shape index (κ1) is 8.05. The lowest BCUT2D eigenvalue weighted by Gasteiger charge is -2.27. The monoisotopic (exact) mass is 170 g/mol. The molecule has 1 saturated heterocycles. The standard InChI is InChI=1S/C9H14O3/c1-6-4-9(2-3-12-6)5-7(9)8(10)11/h6-7H,2-5H2,1H3,(H,10,11)/t6-,7+,9+/m0/s1. The second-order valence-electron chi connectivity index (χ2n) is 4.09. The number of carboxylic acid groups (broad SMARTS) is 1. The fourth-order valence-electron chi connectivity index (χ4n) is 2.40. The van der Waals surface area contributed by atoms with E-state index in [1.807, 2.05) is 6.92 Å². The lowest BCUT2D eigenvalue weighted by molar-refractivity contribution is -0.140. The Bertz CT molecular complexity index is 214. The number of carboxylic acids is 1. The van der Waals surface area contributed by atoms with Gasteiger partial charge in [0.15, 0.2) is 0 Å². The van der Waals surface area contributed by atoms with Crippen molar-refractivity contribution >= 4 is 5.97 Å². The molecule has 2 rings (SSSR count). The van der Waals surface area contributed by atoms with Gasteiger partial charge in [-0.15, -0.1) is 0 Å². The van der Waals surface area contributed by atoms with Gasteiger partial charge in [0.05, 0.1) is 12.0 Å². The molecule has 3 heteroatoms. The van der Waals surface area contributed by atoms with E-state index in [1.54, 1.807) is 0 Å². The summed E-state index contributed by atoms with van der Waals surface area (Å²) in [6, 6.07) is 0. The lowest BCUT2D eigenvalue weighted by atomic mass is 9.90. The topological polar surface area (TPSA) is 46.5 Å². The van der Waals surface area contributed by atoms with Crippen molar-refractivity contribution in [3.8, 4) is 0 Å². The van der Waals surface area contributed by atoms with Gasteiger partial charge in [0.1, 0.15) is 0 Å². The molecule has 2 fully saturated rings. The predicted molar refractivity (Wildman–Crippen MR) is 42.8 cm³/mol. The van der Waals surface area contributed by atoms with Crippen LogP contribution in [-0.4, -0.2) is 23.8 Å². The maximum absolute atomic E-state index is 10.7. The number of hydrogen-bond acceptors (Lipinski definition) is 2. The normalized spacial score (nSPS) is 46.1. The number of hydrogen-bond donors (Lipinski definition) is 1. The van der Waals surface area contributed by atoms with Crippen LogP contribution in [0.4, 0.5) is 0 Å². The van der Waals surface area contributed by atoms with E-state index in [-0.39, 0.29) is 17.4 Å². The van der Waals surface area contributed by atoms with Crippen molar-refractivity contribution in [3.05, 3.63) is 0 Å². The van der Waals surface area contributed by atoms with E-state index in [0.717, 1.165) is 25.9 Å². The lowest BCUT2D eigenvalue weighted by Crippen LogP contribution is -2.26. The van der Waals surface area contributed by atoms with E-state index >= 15 is 0 Å². The zero-order chi connectivity index (χ0) is 8.77. The van der Waals surface area contributed by atoms with Crippen molar-refractivity contribution in [2.24, 2.45) is 11.3 Å². The first-order chi connectivity index (χ1) is 5.64. The molecule has 0 radical (unpaired) electrons. The summed E-state index contributed by atoms with van der Waals surface area (Å²) in [4.78, 5) is 10.7. The Balaban J connectivity index is 2.01. The van der Waals surface area contributed by atoms with Crippen LogP contribution in [0, 0.1) is 11.3 Å². The highest BCUT2D eigenvalue weighted by atomic mass is 16.5. The minimum absolute atomic E-state index is 0.0798. The SMILES string of the molecule is C[C@H]1C[C@]2(CCO1)C[C@@H]2C(=O)O. The molecule has 1 spiro atoms. The summed E-state index contributed by atoms with van der Waals surface area (Å²) in [5, 5.41) is 8.82. The van der Waals surface area contributed by atoms with Crippen molar-refractivity contribution in [3.63, 3.8) is 0 Å². The van der Waals surface area contributed by atoms with Crippen LogP contribution < -0.4 is 0 Å². The van der Waals surface area contributed by atoms with Gasteiger partial charge in [0.2, 0.25) is 0 Å².